The summed E-state index contributed by atoms with van der Waals surface area (Å²) in [5, 5.41) is 3.32. The molecule has 2 heterocycles. The molecule has 2 aliphatic rings. The molecule has 12 heavy (non-hydrogen) atoms. The van der Waals surface area contributed by atoms with E-state index in [9.17, 15) is 4.21 Å². The topological polar surface area (TPSA) is 41.5 Å². The zero-order valence-electron chi connectivity index (χ0n) is 7.16. The molecule has 0 aromatic rings. The molecule has 0 aromatic heterocycles. The fourth-order valence-corrected chi connectivity index (χ4v) is 4.62. The fourth-order valence-electron chi connectivity index (χ4n) is 2.06. The number of hydrogen-bond acceptors (Lipinski definition) is 3. The maximum atomic E-state index is 11.8. The molecule has 2 unspecified atom stereocenters. The highest BCUT2D eigenvalue weighted by Gasteiger charge is 2.38. The zero-order chi connectivity index (χ0) is 7.90. The van der Waals surface area contributed by atoms with Crippen LogP contribution in [0.4, 0.5) is 0 Å². The first-order valence-corrected chi connectivity index (χ1v) is 5.90. The van der Waals surface area contributed by atoms with Gasteiger partial charge in [-0.25, -0.2) is 8.57 Å². The molecule has 5 heteroatoms. The summed E-state index contributed by atoms with van der Waals surface area (Å²) in [5.41, 5.74) is 0. The summed E-state index contributed by atoms with van der Waals surface area (Å²) < 4.78 is 15.8. The van der Waals surface area contributed by atoms with Gasteiger partial charge in [0.2, 0.25) is 0 Å². The maximum Gasteiger partial charge on any atom is 0.0471 e. The fraction of sp³-hybridized carbons (Fsp3) is 1.00. The zero-order valence-corrected chi connectivity index (χ0v) is 9.68. The van der Waals surface area contributed by atoms with Crippen molar-refractivity contribution in [3.8, 4) is 0 Å². The monoisotopic (exact) mass is 254 g/mol. The van der Waals surface area contributed by atoms with Crippen LogP contribution in [0.25, 0.3) is 0 Å². The van der Waals surface area contributed by atoms with Gasteiger partial charge in [0.15, 0.2) is 0 Å². The van der Waals surface area contributed by atoms with Crippen molar-refractivity contribution in [3.63, 3.8) is 0 Å². The van der Waals surface area contributed by atoms with Crippen LogP contribution in [0.2, 0.25) is 0 Å². The van der Waals surface area contributed by atoms with E-state index in [4.69, 9.17) is 0 Å². The Bertz CT molecular complexity index is 255. The highest BCUT2D eigenvalue weighted by molar-refractivity contribution is 8.93. The number of nitrogens with zero attached hydrogens (tertiary/aromatic N) is 1. The minimum atomic E-state index is -1.77. The lowest BCUT2D eigenvalue weighted by molar-refractivity contribution is 0.533. The molecule has 0 amide bonds. The Balaban J connectivity index is 0.000000720. The van der Waals surface area contributed by atoms with Gasteiger partial charge in [0, 0.05) is 28.3 Å². The smallest absolute Gasteiger partial charge is 0.0471 e. The van der Waals surface area contributed by atoms with Gasteiger partial charge >= 0.3 is 0 Å². The summed E-state index contributed by atoms with van der Waals surface area (Å²) in [6.07, 6.45) is 0. The van der Waals surface area contributed by atoms with Crippen molar-refractivity contribution in [2.45, 2.75) is 0 Å². The Labute approximate surface area is 84.3 Å². The van der Waals surface area contributed by atoms with Gasteiger partial charge in [-0.15, -0.1) is 17.0 Å². The number of hydrogen-bond donors (Lipinski definition) is 1. The van der Waals surface area contributed by atoms with Gasteiger partial charge in [0.25, 0.3) is 0 Å². The minimum Gasteiger partial charge on any atom is -0.316 e. The van der Waals surface area contributed by atoms with Crippen LogP contribution in [-0.2, 0) is 9.73 Å². The lowest BCUT2D eigenvalue weighted by Crippen LogP contribution is -2.16. The van der Waals surface area contributed by atoms with Crippen LogP contribution >= 0.6 is 17.0 Å². The van der Waals surface area contributed by atoms with Crippen LogP contribution in [0, 0.1) is 11.8 Å². The van der Waals surface area contributed by atoms with Crippen molar-refractivity contribution in [1.29, 1.82) is 0 Å². The van der Waals surface area contributed by atoms with E-state index in [1.165, 1.54) is 0 Å². The molecule has 2 aliphatic heterocycles. The molecular formula is C7H15BrN2OS. The number of fused-ring (bicyclic) bond motifs is 1. The van der Waals surface area contributed by atoms with Gasteiger partial charge < -0.3 is 5.32 Å². The predicted molar refractivity (Wildman–Crippen MR) is 56.4 cm³/mol. The summed E-state index contributed by atoms with van der Waals surface area (Å²) >= 11 is 0. The van der Waals surface area contributed by atoms with E-state index < -0.39 is 9.73 Å². The maximum absolute atomic E-state index is 11.8. The molecule has 0 saturated carbocycles. The highest BCUT2D eigenvalue weighted by atomic mass is 79.9. The lowest BCUT2D eigenvalue weighted by atomic mass is 10.0. The van der Waals surface area contributed by atoms with E-state index in [-0.39, 0.29) is 17.0 Å². The van der Waals surface area contributed by atoms with Crippen molar-refractivity contribution in [2.24, 2.45) is 16.2 Å². The van der Waals surface area contributed by atoms with Crippen molar-refractivity contribution in [3.05, 3.63) is 0 Å². The molecular weight excluding hydrogens is 240 g/mol. The van der Waals surface area contributed by atoms with E-state index in [1.807, 2.05) is 0 Å². The molecule has 2 rings (SSSR count). The molecule has 2 atom stereocenters. The average molecular weight is 255 g/mol. The predicted octanol–water partition coefficient (Wildman–Crippen LogP) is 0.511. The first kappa shape index (κ1) is 10.5. The molecule has 2 saturated heterocycles. The van der Waals surface area contributed by atoms with Gasteiger partial charge in [-0.2, -0.15) is 0 Å². The second-order valence-electron chi connectivity index (χ2n) is 3.47. The largest absolute Gasteiger partial charge is 0.316 e. The van der Waals surface area contributed by atoms with E-state index >= 15 is 0 Å². The standard InChI is InChI=1S/C7H14N2OS.BrH/c1-8-11(10)4-6-2-9-3-7(6)5-11;/h6-7,9H,2-5H2,1H3;1H. The Morgan fingerprint density at radius 1 is 1.33 bits per heavy atom. The average Bonchev–Trinajstić information content (AvgIpc) is 2.46. The van der Waals surface area contributed by atoms with Gasteiger partial charge in [-0.3, -0.25) is 0 Å². The quantitative estimate of drug-likeness (QED) is 0.685. The van der Waals surface area contributed by atoms with E-state index in [0.717, 1.165) is 24.6 Å². The minimum absolute atomic E-state index is 0. The first-order valence-electron chi connectivity index (χ1n) is 4.05. The second-order valence-corrected chi connectivity index (χ2v) is 6.04. The van der Waals surface area contributed by atoms with Crippen LogP contribution < -0.4 is 5.32 Å². The van der Waals surface area contributed by atoms with Crippen LogP contribution in [-0.4, -0.2) is 35.9 Å². The molecule has 1 N–H and O–H groups in total. The van der Waals surface area contributed by atoms with Gasteiger partial charge in [-0.05, 0) is 24.9 Å². The highest BCUT2D eigenvalue weighted by Crippen LogP contribution is 2.29. The number of rotatable bonds is 0. The van der Waals surface area contributed by atoms with Crippen molar-refractivity contribution >= 4 is 26.7 Å². The molecule has 3 nitrogen and oxygen atoms in total. The Hall–Kier alpha value is 0.390. The van der Waals surface area contributed by atoms with Crippen LogP contribution in [0.5, 0.6) is 0 Å². The molecule has 72 valence electrons. The van der Waals surface area contributed by atoms with E-state index in [2.05, 4.69) is 9.68 Å². The van der Waals surface area contributed by atoms with Crippen molar-refractivity contribution < 1.29 is 4.21 Å². The third kappa shape index (κ3) is 1.67. The SMILES string of the molecule is Br.CN=S1(=O)CC2CNCC2C1. The third-order valence-electron chi connectivity index (χ3n) is 2.76. The first-order chi connectivity index (χ1) is 5.23. The van der Waals surface area contributed by atoms with Crippen LogP contribution in [0.1, 0.15) is 0 Å². The van der Waals surface area contributed by atoms with Gasteiger partial charge in [0.1, 0.15) is 0 Å². The molecule has 0 radical (unpaired) electrons. The van der Waals surface area contributed by atoms with Crippen molar-refractivity contribution in [1.82, 2.24) is 5.32 Å². The summed E-state index contributed by atoms with van der Waals surface area (Å²) in [5.74, 6) is 2.96. The summed E-state index contributed by atoms with van der Waals surface area (Å²) in [4.78, 5) is 0. The summed E-state index contributed by atoms with van der Waals surface area (Å²) in [7, 11) is -0.0746. The number of nitrogens with one attached hydrogen (secondary N) is 1. The van der Waals surface area contributed by atoms with Crippen LogP contribution in [0.3, 0.4) is 0 Å². The summed E-state index contributed by atoms with van der Waals surface area (Å²) in [6.45, 7) is 2.11. The van der Waals surface area contributed by atoms with Gasteiger partial charge in [-0.1, -0.05) is 0 Å². The number of halogens is 1. The van der Waals surface area contributed by atoms with Crippen LogP contribution in [0.15, 0.2) is 4.36 Å². The molecule has 0 aliphatic carbocycles. The second kappa shape index (κ2) is 3.64. The Kier molecular flexibility index (Phi) is 3.17. The van der Waals surface area contributed by atoms with E-state index in [0.29, 0.717) is 11.8 Å². The molecule has 0 spiro atoms. The third-order valence-corrected chi connectivity index (χ3v) is 5.32. The summed E-state index contributed by atoms with van der Waals surface area (Å²) in [6, 6.07) is 0. The molecule has 2 fully saturated rings. The molecule has 0 bridgehead atoms. The Morgan fingerprint density at radius 2 is 1.83 bits per heavy atom. The molecule has 0 aromatic carbocycles. The van der Waals surface area contributed by atoms with Gasteiger partial charge in [0.05, 0.1) is 0 Å². The normalized spacial score (nSPS) is 45.1. The van der Waals surface area contributed by atoms with Crippen molar-refractivity contribution in [2.75, 3.05) is 31.6 Å². The van der Waals surface area contributed by atoms with E-state index in [1.54, 1.807) is 7.05 Å². The lowest BCUT2D eigenvalue weighted by Gasteiger charge is -2.00. The Morgan fingerprint density at radius 3 is 2.25 bits per heavy atom.